The van der Waals surface area contributed by atoms with Gasteiger partial charge in [0.1, 0.15) is 0 Å². The van der Waals surface area contributed by atoms with Gasteiger partial charge in [0.15, 0.2) is 0 Å². The van der Waals surface area contributed by atoms with Crippen LogP contribution in [0.15, 0.2) is 120 Å². The van der Waals surface area contributed by atoms with Crippen LogP contribution in [0.4, 0.5) is 4.32 Å². The van der Waals surface area contributed by atoms with Gasteiger partial charge in [0.2, 0.25) is 0 Å². The molecule has 6 aromatic carbocycles. The normalized spacial score (nSPS) is 13.4. The molecule has 0 heterocycles. The minimum Gasteiger partial charge on any atom is -0.322 e. The molecule has 2 aliphatic carbocycles. The van der Waals surface area contributed by atoms with E-state index in [0.29, 0.717) is 11.8 Å². The first-order valence-electron chi connectivity index (χ1n) is 21.7. The Bertz CT molecular complexity index is 2290. The lowest BCUT2D eigenvalue weighted by molar-refractivity contribution is 0.792. The molecule has 0 atom stereocenters. The molecule has 0 saturated heterocycles. The third-order valence-corrected chi connectivity index (χ3v) is 13.5. The lowest BCUT2D eigenvalue weighted by Crippen LogP contribution is -2.47. The van der Waals surface area contributed by atoms with Crippen molar-refractivity contribution < 1.29 is 4.32 Å². The summed E-state index contributed by atoms with van der Waals surface area (Å²) in [7, 11) is 0. The monoisotopic (exact) mass is 830 g/mol. The predicted octanol–water partition coefficient (Wildman–Crippen LogP) is 15.3. The summed E-state index contributed by atoms with van der Waals surface area (Å²) in [6, 6.07) is 42.4. The topological polar surface area (TPSA) is 0 Å². The van der Waals surface area contributed by atoms with Gasteiger partial charge < -0.3 is 4.32 Å². The molecule has 0 bridgehead atoms. The standard InChI is InChI=1S/C30H46BF.C25H15Br/c1-17(2)23-13-25(19(5)6)29(26(14-23)20(7)8)31(32)30-27(21(9)10)15-24(18(3)4)16-28(30)22(11)12;26-23-15-7-14-22-24(23)18-10-3-6-13-21(18)25(22)19-11-4-1-8-16(19)17-9-2-5-12-20(17)25/h13-22H,1-12H3;1-15H. The van der Waals surface area contributed by atoms with E-state index in [1.165, 1.54) is 82.4 Å². The minimum absolute atomic E-state index is 0.219. The Balaban J connectivity index is 0.000000179. The molecular weight excluding hydrogens is 770 g/mol. The van der Waals surface area contributed by atoms with Crippen LogP contribution in [0.5, 0.6) is 0 Å². The van der Waals surface area contributed by atoms with Gasteiger partial charge in [0, 0.05) is 10.0 Å². The van der Waals surface area contributed by atoms with Crippen LogP contribution >= 0.6 is 15.9 Å². The molecule has 0 fully saturated rings. The minimum atomic E-state index is -1.11. The highest BCUT2D eigenvalue weighted by Crippen LogP contribution is 2.63. The largest absolute Gasteiger partial charge is 0.414 e. The first kappa shape index (κ1) is 41.9. The quantitative estimate of drug-likeness (QED) is 0.134. The van der Waals surface area contributed by atoms with E-state index >= 15 is 4.32 Å². The molecular formula is C55H61BBrF. The van der Waals surface area contributed by atoms with Crippen molar-refractivity contribution in [2.24, 2.45) is 0 Å². The van der Waals surface area contributed by atoms with Crippen LogP contribution in [0.1, 0.15) is 174 Å². The Labute approximate surface area is 358 Å². The highest BCUT2D eigenvalue weighted by molar-refractivity contribution is 9.10. The van der Waals surface area contributed by atoms with E-state index in [1.54, 1.807) is 0 Å². The molecule has 0 amide bonds. The van der Waals surface area contributed by atoms with Crippen molar-refractivity contribution in [2.75, 3.05) is 0 Å². The molecule has 8 rings (SSSR count). The van der Waals surface area contributed by atoms with Crippen LogP contribution in [0.3, 0.4) is 0 Å². The summed E-state index contributed by atoms with van der Waals surface area (Å²) in [6.45, 7) is 25.4. The van der Waals surface area contributed by atoms with Crippen LogP contribution in [0.2, 0.25) is 0 Å². The number of halogens is 2. The number of hydrogen-bond acceptors (Lipinski definition) is 0. The van der Waals surface area contributed by atoms with Gasteiger partial charge in [0.25, 0.3) is 0 Å². The summed E-state index contributed by atoms with van der Waals surface area (Å²) in [5.74, 6) is 1.97. The zero-order valence-electron chi connectivity index (χ0n) is 36.8. The number of hydrogen-bond donors (Lipinski definition) is 0. The van der Waals surface area contributed by atoms with Crippen molar-refractivity contribution in [3.8, 4) is 22.3 Å². The van der Waals surface area contributed by atoms with Crippen LogP contribution in [-0.2, 0) is 5.41 Å². The fraction of sp³-hybridized carbons (Fsp3) is 0.345. The maximum absolute atomic E-state index is 17.0. The number of rotatable bonds is 8. The van der Waals surface area contributed by atoms with Gasteiger partial charge in [0.05, 0.1) is 5.41 Å². The SMILES string of the molecule is Brc1cccc2c1-c1ccccc1C21c2ccccc2-c2ccccc21.CC(C)c1cc(C(C)C)c(B(F)c2c(C(C)C)cc(C(C)C)cc2C(C)C)c(C(C)C)c1. The highest BCUT2D eigenvalue weighted by Gasteiger charge is 2.51. The lowest BCUT2D eigenvalue weighted by atomic mass is 9.50. The Hall–Kier alpha value is -4.21. The maximum Gasteiger partial charge on any atom is 0.414 e. The molecule has 298 valence electrons. The van der Waals surface area contributed by atoms with Gasteiger partial charge in [-0.15, -0.1) is 0 Å². The molecule has 2 aliphatic rings. The third-order valence-electron chi connectivity index (χ3n) is 12.8. The fourth-order valence-corrected chi connectivity index (χ4v) is 10.4. The molecule has 0 aromatic heterocycles. The van der Waals surface area contributed by atoms with Crippen LogP contribution < -0.4 is 10.9 Å². The Morgan fingerprint density at radius 3 is 1.10 bits per heavy atom. The van der Waals surface area contributed by atoms with Gasteiger partial charge in [-0.25, -0.2) is 0 Å². The Morgan fingerprint density at radius 1 is 0.414 bits per heavy atom. The van der Waals surface area contributed by atoms with Crippen molar-refractivity contribution in [1.29, 1.82) is 0 Å². The smallest absolute Gasteiger partial charge is 0.322 e. The van der Waals surface area contributed by atoms with E-state index in [2.05, 4.69) is 214 Å². The van der Waals surface area contributed by atoms with Gasteiger partial charge >= 0.3 is 6.99 Å². The summed E-state index contributed by atoms with van der Waals surface area (Å²) >= 11 is 3.83. The van der Waals surface area contributed by atoms with Crippen molar-refractivity contribution in [2.45, 2.75) is 124 Å². The lowest BCUT2D eigenvalue weighted by Gasteiger charge is -2.30. The van der Waals surface area contributed by atoms with E-state index in [-0.39, 0.29) is 29.1 Å². The van der Waals surface area contributed by atoms with E-state index in [0.717, 1.165) is 10.9 Å². The van der Waals surface area contributed by atoms with Crippen molar-refractivity contribution in [1.82, 2.24) is 0 Å². The molecule has 0 nitrogen and oxygen atoms in total. The van der Waals surface area contributed by atoms with Crippen molar-refractivity contribution in [3.05, 3.63) is 175 Å². The second kappa shape index (κ2) is 16.4. The Kier molecular flexibility index (Phi) is 11.9. The van der Waals surface area contributed by atoms with E-state index in [1.807, 2.05) is 0 Å². The van der Waals surface area contributed by atoms with Crippen LogP contribution in [-0.4, -0.2) is 6.99 Å². The molecule has 0 radical (unpaired) electrons. The third kappa shape index (κ3) is 6.94. The van der Waals surface area contributed by atoms with Crippen molar-refractivity contribution in [3.63, 3.8) is 0 Å². The molecule has 58 heavy (non-hydrogen) atoms. The zero-order chi connectivity index (χ0) is 41.8. The average molecular weight is 832 g/mol. The maximum atomic E-state index is 17.0. The van der Waals surface area contributed by atoms with E-state index in [9.17, 15) is 0 Å². The van der Waals surface area contributed by atoms with Gasteiger partial charge in [-0.1, -0.05) is 208 Å². The van der Waals surface area contributed by atoms with Crippen molar-refractivity contribution >= 4 is 33.8 Å². The summed E-state index contributed by atoms with van der Waals surface area (Å²) in [5, 5.41) is 0. The first-order valence-corrected chi connectivity index (χ1v) is 22.5. The van der Waals surface area contributed by atoms with Crippen LogP contribution in [0, 0.1) is 0 Å². The molecule has 3 heteroatoms. The van der Waals surface area contributed by atoms with E-state index in [4.69, 9.17) is 0 Å². The summed E-state index contributed by atoms with van der Waals surface area (Å²) in [4.78, 5) is 0. The predicted molar refractivity (Wildman–Crippen MR) is 254 cm³/mol. The highest BCUT2D eigenvalue weighted by atomic mass is 79.9. The Morgan fingerprint density at radius 2 is 0.741 bits per heavy atom. The molecule has 0 aliphatic heterocycles. The zero-order valence-corrected chi connectivity index (χ0v) is 38.4. The second-order valence-electron chi connectivity index (χ2n) is 18.6. The fourth-order valence-electron chi connectivity index (χ4n) is 9.85. The number of benzene rings is 6. The van der Waals surface area contributed by atoms with Gasteiger partial charge in [-0.2, -0.15) is 0 Å². The summed E-state index contributed by atoms with van der Waals surface area (Å²) in [5.41, 5.74) is 19.9. The first-order chi connectivity index (χ1) is 27.6. The second-order valence-corrected chi connectivity index (χ2v) is 19.4. The molecule has 1 spiro atoms. The number of fused-ring (bicyclic) bond motifs is 10. The van der Waals surface area contributed by atoms with Gasteiger partial charge in [-0.3, -0.25) is 0 Å². The average Bonchev–Trinajstić information content (AvgIpc) is 3.68. The molecule has 0 saturated carbocycles. The summed E-state index contributed by atoms with van der Waals surface area (Å²) < 4.78 is 18.2. The summed E-state index contributed by atoms with van der Waals surface area (Å²) in [6.07, 6.45) is 0. The molecule has 0 unspecified atom stereocenters. The van der Waals surface area contributed by atoms with Gasteiger partial charge in [-0.05, 0) is 125 Å². The molecule has 0 N–H and O–H groups in total. The van der Waals surface area contributed by atoms with Crippen LogP contribution in [0.25, 0.3) is 22.3 Å². The van der Waals surface area contributed by atoms with E-state index < -0.39 is 6.99 Å². The molecule has 6 aromatic rings.